The quantitative estimate of drug-likeness (QED) is 0.658. The number of rotatable bonds is 1. The molecule has 1 aromatic carbocycles. The fourth-order valence-corrected chi connectivity index (χ4v) is 2.31. The Kier molecular flexibility index (Phi) is 2.39. The molecule has 0 N–H and O–H groups in total. The highest BCUT2D eigenvalue weighted by atomic mass is 32.1. The first-order valence-corrected chi connectivity index (χ1v) is 5.88. The van der Waals surface area contributed by atoms with Crippen LogP contribution >= 0.6 is 11.3 Å². The van der Waals surface area contributed by atoms with E-state index in [1.807, 2.05) is 39.0 Å². The number of hydrogen-bond acceptors (Lipinski definition) is 2. The van der Waals surface area contributed by atoms with Crippen molar-refractivity contribution in [3.05, 3.63) is 35.2 Å². The number of benzene rings is 1. The summed E-state index contributed by atoms with van der Waals surface area (Å²) in [5.74, 6) is 0.204. The summed E-state index contributed by atoms with van der Waals surface area (Å²) in [5, 5.41) is 3.21. The van der Waals surface area contributed by atoms with Crippen molar-refractivity contribution in [3.8, 4) is 0 Å². The summed E-state index contributed by atoms with van der Waals surface area (Å²) in [6, 6.07) is 7.99. The maximum absolute atomic E-state index is 12.0. The fourth-order valence-electron chi connectivity index (χ4n) is 1.54. The highest BCUT2D eigenvalue weighted by Gasteiger charge is 2.22. The highest BCUT2D eigenvalue weighted by Crippen LogP contribution is 2.26. The average Bonchev–Trinajstić information content (AvgIpc) is 2.61. The molecule has 78 valence electrons. The van der Waals surface area contributed by atoms with Crippen molar-refractivity contribution in [1.29, 1.82) is 0 Å². The molecule has 2 rings (SSSR count). The van der Waals surface area contributed by atoms with Crippen LogP contribution in [-0.4, -0.2) is 5.78 Å². The largest absolute Gasteiger partial charge is 0.294 e. The fraction of sp³-hybridized carbons (Fsp3) is 0.308. The van der Waals surface area contributed by atoms with E-state index in [9.17, 15) is 4.79 Å². The minimum Gasteiger partial charge on any atom is -0.294 e. The molecule has 0 bridgehead atoms. The van der Waals surface area contributed by atoms with Crippen molar-refractivity contribution < 1.29 is 4.79 Å². The standard InChI is InChI=1S/C13H14OS/c1-13(2,3)12(14)10-4-5-11-9(8-10)6-7-15-11/h4-8H,1-3H3. The zero-order valence-electron chi connectivity index (χ0n) is 9.20. The second kappa shape index (κ2) is 3.46. The molecule has 0 saturated heterocycles. The van der Waals surface area contributed by atoms with Crippen molar-refractivity contribution >= 4 is 27.2 Å². The van der Waals surface area contributed by atoms with E-state index in [1.54, 1.807) is 11.3 Å². The second-order valence-electron chi connectivity index (χ2n) is 4.75. The Balaban J connectivity index is 2.49. The van der Waals surface area contributed by atoms with E-state index in [-0.39, 0.29) is 11.2 Å². The van der Waals surface area contributed by atoms with E-state index >= 15 is 0 Å². The second-order valence-corrected chi connectivity index (χ2v) is 5.70. The van der Waals surface area contributed by atoms with E-state index in [4.69, 9.17) is 0 Å². The van der Waals surface area contributed by atoms with Gasteiger partial charge in [-0.2, -0.15) is 0 Å². The first-order chi connectivity index (χ1) is 6.98. The lowest BCUT2D eigenvalue weighted by molar-refractivity contribution is 0.0858. The van der Waals surface area contributed by atoms with Gasteiger partial charge >= 0.3 is 0 Å². The van der Waals surface area contributed by atoms with Crippen LogP contribution in [-0.2, 0) is 0 Å². The molecule has 0 atom stereocenters. The van der Waals surface area contributed by atoms with Crippen molar-refractivity contribution in [1.82, 2.24) is 0 Å². The van der Waals surface area contributed by atoms with Gasteiger partial charge in [0.1, 0.15) is 0 Å². The van der Waals surface area contributed by atoms with Crippen molar-refractivity contribution in [2.24, 2.45) is 5.41 Å². The molecule has 0 amide bonds. The summed E-state index contributed by atoms with van der Waals surface area (Å²) in [4.78, 5) is 12.0. The predicted octanol–water partition coefficient (Wildman–Crippen LogP) is 4.13. The lowest BCUT2D eigenvalue weighted by Gasteiger charge is -2.16. The number of Topliss-reactive ketones (excluding diaryl/α,β-unsaturated/α-hetero) is 1. The topological polar surface area (TPSA) is 17.1 Å². The molecule has 1 heterocycles. The third-order valence-electron chi connectivity index (χ3n) is 2.40. The van der Waals surface area contributed by atoms with Gasteiger partial charge in [-0.15, -0.1) is 11.3 Å². The normalized spacial score (nSPS) is 11.9. The van der Waals surface area contributed by atoms with Gasteiger partial charge in [0, 0.05) is 15.7 Å². The number of hydrogen-bond donors (Lipinski definition) is 0. The number of ketones is 1. The highest BCUT2D eigenvalue weighted by molar-refractivity contribution is 7.17. The summed E-state index contributed by atoms with van der Waals surface area (Å²) < 4.78 is 1.24. The lowest BCUT2D eigenvalue weighted by atomic mass is 9.86. The summed E-state index contributed by atoms with van der Waals surface area (Å²) in [6.07, 6.45) is 0. The minimum absolute atomic E-state index is 0.204. The summed E-state index contributed by atoms with van der Waals surface area (Å²) >= 11 is 1.70. The molecular weight excluding hydrogens is 204 g/mol. The third-order valence-corrected chi connectivity index (χ3v) is 3.29. The van der Waals surface area contributed by atoms with Gasteiger partial charge in [-0.3, -0.25) is 4.79 Å². The zero-order valence-corrected chi connectivity index (χ0v) is 10.0. The zero-order chi connectivity index (χ0) is 11.1. The van der Waals surface area contributed by atoms with E-state index in [2.05, 4.69) is 11.4 Å². The first kappa shape index (κ1) is 10.4. The van der Waals surface area contributed by atoms with Crippen LogP contribution in [0.5, 0.6) is 0 Å². The molecule has 0 spiro atoms. The number of fused-ring (bicyclic) bond motifs is 1. The molecule has 2 heteroatoms. The van der Waals surface area contributed by atoms with Gasteiger partial charge in [0.25, 0.3) is 0 Å². The Hall–Kier alpha value is -1.15. The smallest absolute Gasteiger partial charge is 0.168 e. The monoisotopic (exact) mass is 218 g/mol. The summed E-state index contributed by atoms with van der Waals surface area (Å²) in [7, 11) is 0. The SMILES string of the molecule is CC(C)(C)C(=O)c1ccc2sccc2c1. The Labute approximate surface area is 93.7 Å². The molecule has 0 aliphatic rings. The van der Waals surface area contributed by atoms with Crippen LogP contribution in [0.3, 0.4) is 0 Å². The van der Waals surface area contributed by atoms with Crippen molar-refractivity contribution in [2.75, 3.05) is 0 Å². The summed E-state index contributed by atoms with van der Waals surface area (Å²) in [6.45, 7) is 5.85. The number of carbonyl (C=O) groups excluding carboxylic acids is 1. The van der Waals surface area contributed by atoms with Gasteiger partial charge in [0.05, 0.1) is 0 Å². The van der Waals surface area contributed by atoms with E-state index in [0.717, 1.165) is 10.9 Å². The molecule has 0 saturated carbocycles. The molecule has 2 aromatic rings. The predicted molar refractivity (Wildman–Crippen MR) is 65.6 cm³/mol. The van der Waals surface area contributed by atoms with E-state index < -0.39 is 0 Å². The van der Waals surface area contributed by atoms with Crippen molar-refractivity contribution in [2.45, 2.75) is 20.8 Å². The van der Waals surface area contributed by atoms with Crippen LogP contribution in [0.1, 0.15) is 31.1 Å². The van der Waals surface area contributed by atoms with E-state index in [0.29, 0.717) is 0 Å². The van der Waals surface area contributed by atoms with Crippen LogP contribution in [0, 0.1) is 5.41 Å². The molecule has 0 radical (unpaired) electrons. The Bertz CT molecular complexity index is 502. The van der Waals surface area contributed by atoms with Gasteiger partial charge in [-0.1, -0.05) is 20.8 Å². The molecule has 0 aliphatic heterocycles. The molecular formula is C13H14OS. The molecule has 1 nitrogen and oxygen atoms in total. The van der Waals surface area contributed by atoms with Crippen molar-refractivity contribution in [3.63, 3.8) is 0 Å². The lowest BCUT2D eigenvalue weighted by Crippen LogP contribution is -2.19. The number of thiophene rings is 1. The van der Waals surface area contributed by atoms with Crippen LogP contribution in [0.25, 0.3) is 10.1 Å². The van der Waals surface area contributed by atoms with Gasteiger partial charge in [-0.25, -0.2) is 0 Å². The Morgan fingerprint density at radius 2 is 1.93 bits per heavy atom. The Morgan fingerprint density at radius 1 is 1.20 bits per heavy atom. The summed E-state index contributed by atoms with van der Waals surface area (Å²) in [5.41, 5.74) is 0.511. The maximum Gasteiger partial charge on any atom is 0.168 e. The van der Waals surface area contributed by atoms with Crippen LogP contribution in [0.2, 0.25) is 0 Å². The van der Waals surface area contributed by atoms with E-state index in [1.165, 1.54) is 4.70 Å². The van der Waals surface area contributed by atoms with Crippen LogP contribution < -0.4 is 0 Å². The molecule has 0 aliphatic carbocycles. The van der Waals surface area contributed by atoms with Gasteiger partial charge < -0.3 is 0 Å². The molecule has 1 aromatic heterocycles. The maximum atomic E-state index is 12.0. The van der Waals surface area contributed by atoms with Crippen LogP contribution in [0.15, 0.2) is 29.6 Å². The van der Waals surface area contributed by atoms with Crippen LogP contribution in [0.4, 0.5) is 0 Å². The Morgan fingerprint density at radius 3 is 2.60 bits per heavy atom. The first-order valence-electron chi connectivity index (χ1n) is 5.00. The molecule has 0 unspecified atom stereocenters. The van der Waals surface area contributed by atoms with Gasteiger partial charge in [0.2, 0.25) is 0 Å². The van der Waals surface area contributed by atoms with Gasteiger partial charge in [-0.05, 0) is 35.0 Å². The molecule has 15 heavy (non-hydrogen) atoms. The molecule has 0 fully saturated rings. The number of carbonyl (C=O) groups is 1. The minimum atomic E-state index is -0.302. The average molecular weight is 218 g/mol. The third kappa shape index (κ3) is 1.95. The van der Waals surface area contributed by atoms with Gasteiger partial charge in [0.15, 0.2) is 5.78 Å².